The fraction of sp³-hybridized carbons (Fsp3) is 0.300. The number of phenols is 1. The molecule has 2 heterocycles. The molecule has 148 valence electrons. The van der Waals surface area contributed by atoms with E-state index in [1.165, 1.54) is 17.7 Å². The van der Waals surface area contributed by atoms with Gasteiger partial charge in [-0.3, -0.25) is 5.32 Å². The van der Waals surface area contributed by atoms with Crippen molar-refractivity contribution < 1.29 is 24.5 Å². The number of aromatic carboxylic acids is 1. The smallest absolute Gasteiger partial charge is 0.412 e. The first kappa shape index (κ1) is 19.5. The monoisotopic (exact) mass is 385 g/mol. The molecule has 1 saturated heterocycles. The maximum atomic E-state index is 11.2. The Morgan fingerprint density at radius 2 is 2.00 bits per heavy atom. The Morgan fingerprint density at radius 3 is 2.64 bits per heavy atom. The number of fused-ring (bicyclic) bond motifs is 3. The van der Waals surface area contributed by atoms with Crippen molar-refractivity contribution in [2.75, 3.05) is 18.9 Å². The number of carboxylic acid groups (broad SMARTS) is 1. The third kappa shape index (κ3) is 3.72. The van der Waals surface area contributed by atoms with Gasteiger partial charge in [0, 0.05) is 18.2 Å². The van der Waals surface area contributed by atoms with Crippen LogP contribution < -0.4 is 20.7 Å². The Labute approximate surface area is 162 Å². The maximum Gasteiger partial charge on any atom is 0.412 e. The normalized spacial score (nSPS) is 21.4. The second kappa shape index (κ2) is 7.77. The predicted octanol–water partition coefficient (Wildman–Crippen LogP) is 2.50. The van der Waals surface area contributed by atoms with E-state index in [-0.39, 0.29) is 22.9 Å². The maximum absolute atomic E-state index is 11.2. The van der Waals surface area contributed by atoms with Crippen LogP contribution in [0.5, 0.6) is 11.5 Å². The van der Waals surface area contributed by atoms with Crippen molar-refractivity contribution in [3.05, 3.63) is 53.6 Å². The molecule has 1 amide bonds. The molecule has 0 saturated carbocycles. The molecule has 8 nitrogen and oxygen atoms in total. The van der Waals surface area contributed by atoms with Crippen LogP contribution in [0.15, 0.2) is 42.5 Å². The Kier molecular flexibility index (Phi) is 5.41. The molecule has 2 atom stereocenters. The fourth-order valence-electron chi connectivity index (χ4n) is 3.50. The summed E-state index contributed by atoms with van der Waals surface area (Å²) in [6.45, 7) is 3.24. The van der Waals surface area contributed by atoms with E-state index in [1.807, 2.05) is 18.2 Å². The van der Waals surface area contributed by atoms with Crippen molar-refractivity contribution in [2.24, 2.45) is 0 Å². The average Bonchev–Trinajstić information content (AvgIpc) is 3.16. The van der Waals surface area contributed by atoms with Gasteiger partial charge >= 0.3 is 12.1 Å². The van der Waals surface area contributed by atoms with Crippen molar-refractivity contribution in [3.63, 3.8) is 0 Å². The second-order valence-corrected chi connectivity index (χ2v) is 6.87. The number of carboxylic acids is 1. The summed E-state index contributed by atoms with van der Waals surface area (Å²) in [5.41, 5.74) is 2.36. The van der Waals surface area contributed by atoms with E-state index in [4.69, 9.17) is 14.9 Å². The molecule has 5 N–H and O–H groups in total. The molecule has 2 aromatic rings. The van der Waals surface area contributed by atoms with Crippen LogP contribution in [-0.4, -0.2) is 42.0 Å². The van der Waals surface area contributed by atoms with Gasteiger partial charge < -0.3 is 25.6 Å². The minimum Gasteiger partial charge on any atom is -0.507 e. The minimum atomic E-state index is -1.11. The van der Waals surface area contributed by atoms with Gasteiger partial charge in [0.1, 0.15) is 17.1 Å². The largest absolute Gasteiger partial charge is 0.507 e. The summed E-state index contributed by atoms with van der Waals surface area (Å²) in [5, 5.41) is 26.7. The summed E-state index contributed by atoms with van der Waals surface area (Å²) in [4.78, 5) is 21.5. The summed E-state index contributed by atoms with van der Waals surface area (Å²) < 4.78 is 5.18. The predicted molar refractivity (Wildman–Crippen MR) is 104 cm³/mol. The lowest BCUT2D eigenvalue weighted by Gasteiger charge is -2.23. The molecule has 8 heteroatoms. The summed E-state index contributed by atoms with van der Waals surface area (Å²) >= 11 is 0. The summed E-state index contributed by atoms with van der Waals surface area (Å²) in [6, 6.07) is 11.6. The van der Waals surface area contributed by atoms with Crippen molar-refractivity contribution in [1.29, 1.82) is 0 Å². The summed E-state index contributed by atoms with van der Waals surface area (Å²) in [6.07, 6.45) is 0.927. The van der Waals surface area contributed by atoms with Gasteiger partial charge in [0.25, 0.3) is 0 Å². The Bertz CT molecular complexity index is 901. The molecule has 4 rings (SSSR count). The number of benzene rings is 2. The van der Waals surface area contributed by atoms with Crippen LogP contribution in [0.1, 0.15) is 29.3 Å². The van der Waals surface area contributed by atoms with Crippen molar-refractivity contribution in [3.8, 4) is 11.5 Å². The molecule has 2 aliphatic heterocycles. The van der Waals surface area contributed by atoms with Crippen LogP contribution in [0.3, 0.4) is 0 Å². The minimum absolute atomic E-state index is 0.0671. The number of anilines is 1. The molecule has 0 bridgehead atoms. The second-order valence-electron chi connectivity index (χ2n) is 6.87. The van der Waals surface area contributed by atoms with Gasteiger partial charge in [0.15, 0.2) is 0 Å². The molecule has 0 aliphatic carbocycles. The molecular weight excluding hydrogens is 362 g/mol. The molecule has 2 aliphatic rings. The number of aromatic hydroxyl groups is 1. The number of para-hydroxylation sites is 1. The van der Waals surface area contributed by atoms with Crippen LogP contribution in [0.2, 0.25) is 0 Å². The molecule has 0 aromatic heterocycles. The van der Waals surface area contributed by atoms with Crippen molar-refractivity contribution >= 4 is 17.7 Å². The SMILES string of the molecule is CNC(=O)Oc1ccc2c(c1)[C@]1(C)CCN[C@@H]1N2.O=C(O)c1ccccc1O. The van der Waals surface area contributed by atoms with Crippen LogP contribution in [0.25, 0.3) is 0 Å². The standard InChI is InChI=1S/C13H17N3O2.C7H6O3/c1-13-5-6-15-11(13)16-10-4-3-8(7-9(10)13)18-12(17)14-2;8-6-4-2-1-3-5(6)7(9)10/h3-4,7,11,15-16H,5-6H2,1-2H3,(H,14,17);1-4,8H,(H,9,10)/t11-,13+;/m1./s1. The van der Waals surface area contributed by atoms with Gasteiger partial charge in [-0.05, 0) is 48.9 Å². The fourth-order valence-corrected chi connectivity index (χ4v) is 3.50. The molecular formula is C20H23N3O5. The highest BCUT2D eigenvalue weighted by molar-refractivity contribution is 5.90. The van der Waals surface area contributed by atoms with E-state index in [0.29, 0.717) is 5.75 Å². The Balaban J connectivity index is 0.000000192. The molecule has 0 spiro atoms. The third-order valence-corrected chi connectivity index (χ3v) is 5.09. The van der Waals surface area contributed by atoms with E-state index in [2.05, 4.69) is 22.9 Å². The van der Waals surface area contributed by atoms with Gasteiger partial charge in [-0.2, -0.15) is 0 Å². The quantitative estimate of drug-likeness (QED) is 0.539. The van der Waals surface area contributed by atoms with Crippen LogP contribution in [0.4, 0.5) is 10.5 Å². The number of carbonyl (C=O) groups is 2. The van der Waals surface area contributed by atoms with E-state index in [9.17, 15) is 9.59 Å². The first-order valence-corrected chi connectivity index (χ1v) is 8.90. The van der Waals surface area contributed by atoms with E-state index >= 15 is 0 Å². The number of nitrogens with one attached hydrogen (secondary N) is 3. The molecule has 2 aromatic carbocycles. The topological polar surface area (TPSA) is 120 Å². The lowest BCUT2D eigenvalue weighted by atomic mass is 9.81. The van der Waals surface area contributed by atoms with Crippen LogP contribution in [0, 0.1) is 0 Å². The highest BCUT2D eigenvalue weighted by Crippen LogP contribution is 2.46. The highest BCUT2D eigenvalue weighted by Gasteiger charge is 2.46. The molecule has 28 heavy (non-hydrogen) atoms. The number of carbonyl (C=O) groups excluding carboxylic acids is 1. The van der Waals surface area contributed by atoms with E-state index in [0.717, 1.165) is 18.7 Å². The van der Waals surface area contributed by atoms with Gasteiger partial charge in [-0.1, -0.05) is 19.1 Å². The van der Waals surface area contributed by atoms with Gasteiger partial charge in [0.05, 0.1) is 6.17 Å². The van der Waals surface area contributed by atoms with E-state index < -0.39 is 12.1 Å². The number of amides is 1. The Hall–Kier alpha value is -3.26. The molecule has 0 radical (unpaired) electrons. The van der Waals surface area contributed by atoms with Gasteiger partial charge in [-0.25, -0.2) is 9.59 Å². The molecule has 0 unspecified atom stereocenters. The van der Waals surface area contributed by atoms with Crippen molar-refractivity contribution in [2.45, 2.75) is 24.9 Å². The average molecular weight is 385 g/mol. The summed E-state index contributed by atoms with van der Waals surface area (Å²) in [7, 11) is 1.55. The van der Waals surface area contributed by atoms with Crippen molar-refractivity contribution in [1.82, 2.24) is 10.6 Å². The lowest BCUT2D eigenvalue weighted by molar-refractivity contribution is 0.0693. The Morgan fingerprint density at radius 1 is 1.25 bits per heavy atom. The zero-order chi connectivity index (χ0) is 20.3. The zero-order valence-corrected chi connectivity index (χ0v) is 15.7. The first-order valence-electron chi connectivity index (χ1n) is 8.90. The zero-order valence-electron chi connectivity index (χ0n) is 15.7. The first-order chi connectivity index (χ1) is 13.3. The van der Waals surface area contributed by atoms with Gasteiger partial charge in [0.2, 0.25) is 0 Å². The van der Waals surface area contributed by atoms with Crippen LogP contribution in [-0.2, 0) is 5.41 Å². The lowest BCUT2D eigenvalue weighted by Crippen LogP contribution is -2.38. The highest BCUT2D eigenvalue weighted by atomic mass is 16.5. The molecule has 1 fully saturated rings. The summed E-state index contributed by atoms with van der Waals surface area (Å²) in [5.74, 6) is -0.725. The number of hydrogen-bond donors (Lipinski definition) is 5. The number of ether oxygens (including phenoxy) is 1. The van der Waals surface area contributed by atoms with E-state index in [1.54, 1.807) is 19.2 Å². The van der Waals surface area contributed by atoms with Gasteiger partial charge in [-0.15, -0.1) is 0 Å². The van der Waals surface area contributed by atoms with Crippen LogP contribution >= 0.6 is 0 Å². The number of rotatable bonds is 2. The number of hydrogen-bond acceptors (Lipinski definition) is 6. The third-order valence-electron chi connectivity index (χ3n) is 5.09.